The predicted molar refractivity (Wildman–Crippen MR) is 82.6 cm³/mol. The minimum absolute atomic E-state index is 0.296. The van der Waals surface area contributed by atoms with Crippen LogP contribution in [-0.4, -0.2) is 12.6 Å². The van der Waals surface area contributed by atoms with Crippen LogP contribution in [0.1, 0.15) is 56.3 Å². The topological polar surface area (TPSA) is 35.2 Å². The third-order valence-electron chi connectivity index (χ3n) is 5.15. The van der Waals surface area contributed by atoms with Gasteiger partial charge in [-0.2, -0.15) is 0 Å². The zero-order chi connectivity index (χ0) is 13.9. The highest BCUT2D eigenvalue weighted by molar-refractivity contribution is 5.31. The normalized spacial score (nSPS) is 33.7. The number of rotatable bonds is 3. The number of nitrogens with two attached hydrogens (primary N) is 1. The fraction of sp³-hybridized carbons (Fsp3) is 0.667. The van der Waals surface area contributed by atoms with E-state index in [1.807, 2.05) is 0 Å². The summed E-state index contributed by atoms with van der Waals surface area (Å²) in [4.78, 5) is 0. The summed E-state index contributed by atoms with van der Waals surface area (Å²) in [6.07, 6.45) is 8.00. The molecule has 0 aromatic heterocycles. The molecule has 2 heteroatoms. The van der Waals surface area contributed by atoms with Crippen LogP contribution in [-0.2, 0) is 11.2 Å². The van der Waals surface area contributed by atoms with E-state index in [4.69, 9.17) is 10.5 Å². The molecule has 110 valence electrons. The van der Waals surface area contributed by atoms with Crippen molar-refractivity contribution in [3.63, 3.8) is 0 Å². The van der Waals surface area contributed by atoms with Crippen LogP contribution in [0, 0.1) is 11.8 Å². The molecule has 0 spiro atoms. The second kappa shape index (κ2) is 6.28. The molecule has 20 heavy (non-hydrogen) atoms. The molecule has 0 heterocycles. The molecule has 2 N–H and O–H groups in total. The summed E-state index contributed by atoms with van der Waals surface area (Å²) in [6, 6.07) is 8.80. The Morgan fingerprint density at radius 1 is 1.20 bits per heavy atom. The molecule has 1 fully saturated rings. The van der Waals surface area contributed by atoms with Crippen LogP contribution in [0.4, 0.5) is 0 Å². The van der Waals surface area contributed by atoms with Gasteiger partial charge in [0.2, 0.25) is 0 Å². The van der Waals surface area contributed by atoms with E-state index in [0.717, 1.165) is 12.5 Å². The Morgan fingerprint density at radius 3 is 2.90 bits per heavy atom. The highest BCUT2D eigenvalue weighted by Gasteiger charge is 2.32. The van der Waals surface area contributed by atoms with Crippen molar-refractivity contribution in [3.8, 4) is 0 Å². The molecular weight excluding hydrogens is 246 g/mol. The lowest BCUT2D eigenvalue weighted by molar-refractivity contribution is -0.0745. The predicted octanol–water partition coefficient (Wildman–Crippen LogP) is 3.84. The van der Waals surface area contributed by atoms with Gasteiger partial charge in [-0.25, -0.2) is 0 Å². The molecule has 2 aliphatic carbocycles. The molecule has 0 bridgehead atoms. The van der Waals surface area contributed by atoms with Crippen molar-refractivity contribution in [1.82, 2.24) is 0 Å². The van der Waals surface area contributed by atoms with Crippen molar-refractivity contribution in [2.45, 2.75) is 57.7 Å². The van der Waals surface area contributed by atoms with Crippen LogP contribution in [0.2, 0.25) is 0 Å². The maximum atomic E-state index is 6.55. The van der Waals surface area contributed by atoms with Gasteiger partial charge in [0.1, 0.15) is 0 Å². The second-order valence-corrected chi connectivity index (χ2v) is 6.67. The van der Waals surface area contributed by atoms with Gasteiger partial charge in [0.15, 0.2) is 0 Å². The largest absolute Gasteiger partial charge is 0.370 e. The van der Waals surface area contributed by atoms with Gasteiger partial charge in [-0.1, -0.05) is 37.6 Å². The first-order chi connectivity index (χ1) is 9.78. The fourth-order valence-electron chi connectivity index (χ4n) is 3.89. The quantitative estimate of drug-likeness (QED) is 0.908. The van der Waals surface area contributed by atoms with E-state index in [9.17, 15) is 0 Å². The Balaban J connectivity index is 1.74. The molecule has 2 aliphatic rings. The van der Waals surface area contributed by atoms with E-state index in [1.165, 1.54) is 49.7 Å². The molecule has 4 atom stereocenters. The van der Waals surface area contributed by atoms with Crippen molar-refractivity contribution in [2.24, 2.45) is 17.6 Å². The highest BCUT2D eigenvalue weighted by Crippen LogP contribution is 2.38. The van der Waals surface area contributed by atoms with Crippen LogP contribution in [0.5, 0.6) is 0 Å². The summed E-state index contributed by atoms with van der Waals surface area (Å²) >= 11 is 0. The Bertz CT molecular complexity index is 445. The molecule has 3 rings (SSSR count). The van der Waals surface area contributed by atoms with E-state index in [-0.39, 0.29) is 0 Å². The molecule has 0 radical (unpaired) electrons. The van der Waals surface area contributed by atoms with Gasteiger partial charge in [0.25, 0.3) is 0 Å². The van der Waals surface area contributed by atoms with Crippen LogP contribution < -0.4 is 5.73 Å². The maximum absolute atomic E-state index is 6.55. The third-order valence-corrected chi connectivity index (χ3v) is 5.15. The lowest BCUT2D eigenvalue weighted by Gasteiger charge is -2.38. The number of benzene rings is 1. The maximum Gasteiger partial charge on any atom is 0.0831 e. The zero-order valence-electron chi connectivity index (χ0n) is 12.6. The van der Waals surface area contributed by atoms with Crippen molar-refractivity contribution in [2.75, 3.05) is 6.54 Å². The van der Waals surface area contributed by atoms with Gasteiger partial charge in [0.05, 0.1) is 12.2 Å². The average molecular weight is 273 g/mol. The van der Waals surface area contributed by atoms with Gasteiger partial charge in [-0.05, 0) is 61.6 Å². The van der Waals surface area contributed by atoms with E-state index in [2.05, 4.69) is 31.2 Å². The third kappa shape index (κ3) is 2.91. The first kappa shape index (κ1) is 14.1. The summed E-state index contributed by atoms with van der Waals surface area (Å²) < 4.78 is 6.55. The standard InChI is InChI=1S/C18H27NO/c1-13-9-10-15(12-19)18(11-13)20-17-8-4-6-14-5-2-3-7-16(14)17/h2-3,5,7,13,15,17-18H,4,6,8-12,19H2,1H3. The number of hydrogen-bond acceptors (Lipinski definition) is 2. The van der Waals surface area contributed by atoms with Crippen molar-refractivity contribution in [1.29, 1.82) is 0 Å². The highest BCUT2D eigenvalue weighted by atomic mass is 16.5. The van der Waals surface area contributed by atoms with Crippen molar-refractivity contribution < 1.29 is 4.74 Å². The zero-order valence-corrected chi connectivity index (χ0v) is 12.6. The molecule has 0 amide bonds. The molecule has 1 aromatic rings. The second-order valence-electron chi connectivity index (χ2n) is 6.67. The number of fused-ring (bicyclic) bond motifs is 1. The minimum Gasteiger partial charge on any atom is -0.370 e. The summed E-state index contributed by atoms with van der Waals surface area (Å²) in [6.45, 7) is 3.11. The minimum atomic E-state index is 0.296. The first-order valence-electron chi connectivity index (χ1n) is 8.21. The van der Waals surface area contributed by atoms with Gasteiger partial charge in [0, 0.05) is 0 Å². The molecule has 0 saturated heterocycles. The van der Waals surface area contributed by atoms with Crippen LogP contribution in [0.15, 0.2) is 24.3 Å². The van der Waals surface area contributed by atoms with E-state index >= 15 is 0 Å². The summed E-state index contributed by atoms with van der Waals surface area (Å²) in [5.74, 6) is 1.34. The molecule has 2 nitrogen and oxygen atoms in total. The Labute approximate surface area is 122 Å². The lowest BCUT2D eigenvalue weighted by atomic mass is 9.80. The molecular formula is C18H27NO. The Morgan fingerprint density at radius 2 is 2.05 bits per heavy atom. The average Bonchev–Trinajstić information content (AvgIpc) is 2.48. The van der Waals surface area contributed by atoms with Crippen molar-refractivity contribution >= 4 is 0 Å². The SMILES string of the molecule is CC1CCC(CN)C(OC2CCCc3ccccc32)C1. The van der Waals surface area contributed by atoms with Gasteiger partial charge >= 0.3 is 0 Å². The van der Waals surface area contributed by atoms with E-state index in [0.29, 0.717) is 18.1 Å². The van der Waals surface area contributed by atoms with Crippen LogP contribution >= 0.6 is 0 Å². The molecule has 1 aromatic carbocycles. The van der Waals surface area contributed by atoms with E-state index in [1.54, 1.807) is 0 Å². The molecule has 1 saturated carbocycles. The van der Waals surface area contributed by atoms with Gasteiger partial charge < -0.3 is 10.5 Å². The number of aryl methyl sites for hydroxylation is 1. The molecule has 4 unspecified atom stereocenters. The monoisotopic (exact) mass is 273 g/mol. The first-order valence-corrected chi connectivity index (χ1v) is 8.21. The van der Waals surface area contributed by atoms with Gasteiger partial charge in [-0.3, -0.25) is 0 Å². The number of hydrogen-bond donors (Lipinski definition) is 1. The lowest BCUT2D eigenvalue weighted by Crippen LogP contribution is -2.37. The fourth-order valence-corrected chi connectivity index (χ4v) is 3.89. The van der Waals surface area contributed by atoms with Gasteiger partial charge in [-0.15, -0.1) is 0 Å². The van der Waals surface area contributed by atoms with Crippen LogP contribution in [0.3, 0.4) is 0 Å². The van der Waals surface area contributed by atoms with E-state index < -0.39 is 0 Å². The Kier molecular flexibility index (Phi) is 4.42. The number of ether oxygens (including phenoxy) is 1. The summed E-state index contributed by atoms with van der Waals surface area (Å²) in [5, 5.41) is 0. The summed E-state index contributed by atoms with van der Waals surface area (Å²) in [7, 11) is 0. The smallest absolute Gasteiger partial charge is 0.0831 e. The summed E-state index contributed by atoms with van der Waals surface area (Å²) in [5.41, 5.74) is 8.87. The Hall–Kier alpha value is -0.860. The van der Waals surface area contributed by atoms with Crippen molar-refractivity contribution in [3.05, 3.63) is 35.4 Å². The van der Waals surface area contributed by atoms with Crippen LogP contribution in [0.25, 0.3) is 0 Å². The molecule has 0 aliphatic heterocycles.